The van der Waals surface area contributed by atoms with Gasteiger partial charge in [0.15, 0.2) is 5.16 Å². The van der Waals surface area contributed by atoms with E-state index in [2.05, 4.69) is 9.97 Å². The van der Waals surface area contributed by atoms with Crippen LogP contribution in [0.15, 0.2) is 94.9 Å². The maximum absolute atomic E-state index is 13.0. The second kappa shape index (κ2) is 9.47. The Bertz CT molecular complexity index is 1440. The molecule has 1 atom stereocenters. The van der Waals surface area contributed by atoms with Crippen molar-refractivity contribution in [2.45, 2.75) is 16.8 Å². The standard InChI is InChI=1S/C26H19N3O5S/c30-21-15-20(35-26-27-23(31)22(24(32)28-26)16-7-3-1-4-8-16)25(33)29(21)17-11-13-19(14-12-17)34-18-9-5-2-6-10-18/h1-14,20H,15H2,(H2,27,28,31,32). The summed E-state index contributed by atoms with van der Waals surface area (Å²) in [5.74, 6) is 0.0154. The largest absolute Gasteiger partial charge is 0.493 e. The predicted molar refractivity (Wildman–Crippen MR) is 132 cm³/mol. The first-order valence-electron chi connectivity index (χ1n) is 10.7. The second-order valence-electron chi connectivity index (χ2n) is 7.72. The molecule has 35 heavy (non-hydrogen) atoms. The van der Waals surface area contributed by atoms with Crippen LogP contribution in [0.3, 0.4) is 0 Å². The Morgan fingerprint density at radius 3 is 2.17 bits per heavy atom. The van der Waals surface area contributed by atoms with E-state index in [1.165, 1.54) is 0 Å². The molecule has 3 aromatic carbocycles. The molecule has 9 heteroatoms. The highest BCUT2D eigenvalue weighted by molar-refractivity contribution is 8.00. The summed E-state index contributed by atoms with van der Waals surface area (Å²) in [4.78, 5) is 46.0. The minimum absolute atomic E-state index is 0.0446. The Hall–Kier alpha value is -4.37. The molecular formula is C26H19N3O5S. The summed E-state index contributed by atoms with van der Waals surface area (Å²) in [7, 11) is 0. The minimum atomic E-state index is -0.784. The molecule has 1 fully saturated rings. The summed E-state index contributed by atoms with van der Waals surface area (Å²) in [6.07, 6.45) is -0.0589. The number of aromatic hydroxyl groups is 1. The van der Waals surface area contributed by atoms with Gasteiger partial charge in [-0.1, -0.05) is 60.3 Å². The number of amides is 2. The van der Waals surface area contributed by atoms with Crippen LogP contribution in [0.5, 0.6) is 17.4 Å². The maximum atomic E-state index is 13.0. The Morgan fingerprint density at radius 2 is 1.51 bits per heavy atom. The lowest BCUT2D eigenvalue weighted by Gasteiger charge is -2.15. The number of hydrogen-bond donors (Lipinski definition) is 2. The van der Waals surface area contributed by atoms with Gasteiger partial charge in [-0.3, -0.25) is 14.4 Å². The Labute approximate surface area is 204 Å². The monoisotopic (exact) mass is 485 g/mol. The molecule has 1 aliphatic heterocycles. The number of nitrogens with one attached hydrogen (secondary N) is 1. The average molecular weight is 486 g/mol. The van der Waals surface area contributed by atoms with Gasteiger partial charge >= 0.3 is 0 Å². The molecule has 0 saturated carbocycles. The molecule has 1 aromatic heterocycles. The van der Waals surface area contributed by atoms with Crippen LogP contribution in [0.2, 0.25) is 0 Å². The molecule has 4 aromatic rings. The van der Waals surface area contributed by atoms with E-state index in [0.29, 0.717) is 22.7 Å². The number of thioether (sulfide) groups is 1. The van der Waals surface area contributed by atoms with Gasteiger partial charge in [0.25, 0.3) is 5.56 Å². The number of carbonyl (C=O) groups is 2. The van der Waals surface area contributed by atoms with Gasteiger partial charge in [-0.2, -0.15) is 4.98 Å². The van der Waals surface area contributed by atoms with Crippen LogP contribution < -0.4 is 15.2 Å². The molecule has 1 saturated heterocycles. The number of ether oxygens (including phenoxy) is 1. The van der Waals surface area contributed by atoms with Crippen LogP contribution in [0, 0.1) is 0 Å². The van der Waals surface area contributed by atoms with E-state index in [4.69, 9.17) is 4.74 Å². The van der Waals surface area contributed by atoms with Crippen molar-refractivity contribution in [1.82, 2.24) is 9.97 Å². The van der Waals surface area contributed by atoms with Gasteiger partial charge in [-0.15, -0.1) is 0 Å². The van der Waals surface area contributed by atoms with Gasteiger partial charge in [0, 0.05) is 6.42 Å². The Morgan fingerprint density at radius 1 is 0.886 bits per heavy atom. The number of carbonyl (C=O) groups excluding carboxylic acids is 2. The van der Waals surface area contributed by atoms with Crippen molar-refractivity contribution in [2.24, 2.45) is 0 Å². The SMILES string of the molecule is O=C1CC(Sc2nc(O)c(-c3ccccc3)c(=O)[nH]2)C(=O)N1c1ccc(Oc2ccccc2)cc1. The predicted octanol–water partition coefficient (Wildman–Crippen LogP) is 4.36. The summed E-state index contributed by atoms with van der Waals surface area (Å²) < 4.78 is 5.76. The fourth-order valence-electron chi connectivity index (χ4n) is 3.75. The van der Waals surface area contributed by atoms with Crippen molar-refractivity contribution in [3.8, 4) is 28.5 Å². The lowest BCUT2D eigenvalue weighted by molar-refractivity contribution is -0.121. The van der Waals surface area contributed by atoms with Crippen molar-refractivity contribution < 1.29 is 19.4 Å². The number of anilines is 1. The third-order valence-corrected chi connectivity index (χ3v) is 6.44. The lowest BCUT2D eigenvalue weighted by Crippen LogP contribution is -2.31. The maximum Gasteiger partial charge on any atom is 0.263 e. The van der Waals surface area contributed by atoms with E-state index in [1.807, 2.05) is 30.3 Å². The van der Waals surface area contributed by atoms with Gasteiger partial charge in [-0.05, 0) is 42.0 Å². The number of aromatic nitrogens is 2. The highest BCUT2D eigenvalue weighted by Crippen LogP contribution is 2.34. The highest BCUT2D eigenvalue weighted by atomic mass is 32.2. The van der Waals surface area contributed by atoms with E-state index in [1.54, 1.807) is 54.6 Å². The molecule has 0 spiro atoms. The van der Waals surface area contributed by atoms with E-state index < -0.39 is 22.6 Å². The van der Waals surface area contributed by atoms with Crippen molar-refractivity contribution in [3.63, 3.8) is 0 Å². The number of H-pyrrole nitrogens is 1. The number of aromatic amines is 1. The summed E-state index contributed by atoms with van der Waals surface area (Å²) in [5, 5.41) is 9.64. The lowest BCUT2D eigenvalue weighted by atomic mass is 10.1. The van der Waals surface area contributed by atoms with Gasteiger partial charge in [-0.25, -0.2) is 4.90 Å². The molecule has 174 valence electrons. The van der Waals surface area contributed by atoms with Crippen molar-refractivity contribution in [1.29, 1.82) is 0 Å². The molecule has 0 aliphatic carbocycles. The first-order valence-corrected chi connectivity index (χ1v) is 11.6. The Balaban J connectivity index is 1.31. The van der Waals surface area contributed by atoms with Crippen LogP contribution in [-0.2, 0) is 9.59 Å². The zero-order chi connectivity index (χ0) is 24.4. The van der Waals surface area contributed by atoms with Gasteiger partial charge in [0.1, 0.15) is 22.3 Å². The zero-order valence-corrected chi connectivity index (χ0v) is 19.1. The molecular weight excluding hydrogens is 466 g/mol. The van der Waals surface area contributed by atoms with E-state index in [9.17, 15) is 19.5 Å². The molecule has 2 heterocycles. The number of nitrogens with zero attached hydrogens (tertiary/aromatic N) is 2. The van der Waals surface area contributed by atoms with Crippen LogP contribution in [-0.4, -0.2) is 32.1 Å². The van der Waals surface area contributed by atoms with Crippen LogP contribution in [0.25, 0.3) is 11.1 Å². The number of rotatable bonds is 6. The quantitative estimate of drug-likeness (QED) is 0.308. The fourth-order valence-corrected chi connectivity index (χ4v) is 4.74. The third-order valence-electron chi connectivity index (χ3n) is 5.37. The van der Waals surface area contributed by atoms with E-state index >= 15 is 0 Å². The number of para-hydroxylation sites is 1. The normalized spacial score (nSPS) is 15.4. The van der Waals surface area contributed by atoms with Crippen LogP contribution in [0.1, 0.15) is 6.42 Å². The van der Waals surface area contributed by atoms with Gasteiger partial charge in [0.05, 0.1) is 5.69 Å². The van der Waals surface area contributed by atoms with Crippen LogP contribution >= 0.6 is 11.8 Å². The van der Waals surface area contributed by atoms with Crippen molar-refractivity contribution in [3.05, 3.63) is 95.3 Å². The molecule has 8 nitrogen and oxygen atoms in total. The molecule has 2 amide bonds. The zero-order valence-electron chi connectivity index (χ0n) is 18.3. The minimum Gasteiger partial charge on any atom is -0.493 e. The molecule has 0 radical (unpaired) electrons. The van der Waals surface area contributed by atoms with Crippen LogP contribution in [0.4, 0.5) is 5.69 Å². The summed E-state index contributed by atoms with van der Waals surface area (Å²) in [6.45, 7) is 0. The molecule has 1 aliphatic rings. The smallest absolute Gasteiger partial charge is 0.263 e. The number of hydrogen-bond acceptors (Lipinski definition) is 7. The highest BCUT2D eigenvalue weighted by Gasteiger charge is 2.40. The van der Waals surface area contributed by atoms with Crippen molar-refractivity contribution in [2.75, 3.05) is 4.90 Å². The molecule has 1 unspecified atom stereocenters. The average Bonchev–Trinajstić information content (AvgIpc) is 3.13. The summed E-state index contributed by atoms with van der Waals surface area (Å²) in [6, 6.07) is 24.6. The number of imide groups is 1. The second-order valence-corrected chi connectivity index (χ2v) is 8.91. The van der Waals surface area contributed by atoms with Crippen molar-refractivity contribution >= 4 is 29.3 Å². The first kappa shape index (κ1) is 22.4. The summed E-state index contributed by atoms with van der Waals surface area (Å²) in [5.41, 5.74) is 0.456. The number of benzene rings is 3. The van der Waals surface area contributed by atoms with Gasteiger partial charge < -0.3 is 14.8 Å². The van der Waals surface area contributed by atoms with E-state index in [-0.39, 0.29) is 23.0 Å². The topological polar surface area (TPSA) is 113 Å². The first-order chi connectivity index (χ1) is 17.0. The fraction of sp³-hybridized carbons (Fsp3) is 0.0769. The molecule has 0 bridgehead atoms. The molecule has 5 rings (SSSR count). The van der Waals surface area contributed by atoms with E-state index in [0.717, 1.165) is 16.7 Å². The summed E-state index contributed by atoms with van der Waals surface area (Å²) >= 11 is 0.935. The molecule has 2 N–H and O–H groups in total. The van der Waals surface area contributed by atoms with Gasteiger partial charge in [0.2, 0.25) is 17.7 Å². The Kier molecular flexibility index (Phi) is 6.07. The third kappa shape index (κ3) is 4.67.